The maximum atomic E-state index is 10.3. The third-order valence-electron chi connectivity index (χ3n) is 0.850. The Morgan fingerprint density at radius 3 is 2.70 bits per heavy atom. The molecule has 0 aliphatic heterocycles. The second-order valence-corrected chi connectivity index (χ2v) is 3.03. The van der Waals surface area contributed by atoms with E-state index in [1.165, 1.54) is 0 Å². The molecule has 0 aromatic carbocycles. The Morgan fingerprint density at radius 2 is 2.30 bits per heavy atom. The minimum absolute atomic E-state index is 0.363. The summed E-state index contributed by atoms with van der Waals surface area (Å²) in [5.41, 5.74) is 0. The van der Waals surface area contributed by atoms with Gasteiger partial charge in [0, 0.05) is 6.20 Å². The molecule has 56 valence electrons. The lowest BCUT2D eigenvalue weighted by molar-refractivity contribution is 0.602. The molecule has 0 saturated carbocycles. The van der Waals surface area contributed by atoms with E-state index in [1.807, 2.05) is 0 Å². The summed E-state index contributed by atoms with van der Waals surface area (Å²) in [6.07, 6.45) is 1.59. The maximum absolute atomic E-state index is 10.3. The van der Waals surface area contributed by atoms with Crippen molar-refractivity contribution in [3.8, 4) is 0 Å². The standard InChI is InChI=1S/C4H7N3O2S/c5-10(8,9)7-4-2-1-3-6-4/h1-3,6-7H,(H2,5,8,9). The molecule has 0 atom stereocenters. The molecule has 0 fully saturated rings. The molecule has 0 aliphatic carbocycles. The molecule has 5 nitrogen and oxygen atoms in total. The summed E-state index contributed by atoms with van der Waals surface area (Å²) >= 11 is 0. The first kappa shape index (κ1) is 7.10. The molecule has 6 heteroatoms. The van der Waals surface area contributed by atoms with Crippen molar-refractivity contribution in [3.05, 3.63) is 18.3 Å². The first-order chi connectivity index (χ1) is 4.58. The van der Waals surface area contributed by atoms with Gasteiger partial charge in [-0.3, -0.25) is 4.72 Å². The molecule has 1 heterocycles. The van der Waals surface area contributed by atoms with Gasteiger partial charge in [-0.15, -0.1) is 0 Å². The highest BCUT2D eigenvalue weighted by molar-refractivity contribution is 7.90. The highest BCUT2D eigenvalue weighted by Crippen LogP contribution is 2.00. The van der Waals surface area contributed by atoms with Gasteiger partial charge in [0.1, 0.15) is 5.82 Å². The average molecular weight is 161 g/mol. The van der Waals surface area contributed by atoms with Crippen molar-refractivity contribution < 1.29 is 8.42 Å². The number of aromatic nitrogens is 1. The lowest BCUT2D eigenvalue weighted by atomic mass is 10.6. The van der Waals surface area contributed by atoms with Crippen LogP contribution in [0.5, 0.6) is 0 Å². The second-order valence-electron chi connectivity index (χ2n) is 1.73. The highest BCUT2D eigenvalue weighted by Gasteiger charge is 1.99. The van der Waals surface area contributed by atoms with E-state index in [1.54, 1.807) is 18.3 Å². The largest absolute Gasteiger partial charge is 0.348 e. The molecule has 1 aromatic heterocycles. The van der Waals surface area contributed by atoms with Crippen LogP contribution in [0.15, 0.2) is 18.3 Å². The molecule has 0 radical (unpaired) electrons. The Balaban J connectivity index is 2.75. The Hall–Kier alpha value is -1.01. The van der Waals surface area contributed by atoms with Crippen molar-refractivity contribution in [2.45, 2.75) is 0 Å². The molecule has 1 aromatic rings. The topological polar surface area (TPSA) is 88.0 Å². The third kappa shape index (κ3) is 2.08. The Labute approximate surface area is 58.4 Å². The quantitative estimate of drug-likeness (QED) is 0.552. The number of rotatable bonds is 2. The molecule has 0 saturated heterocycles. The van der Waals surface area contributed by atoms with Gasteiger partial charge in [0.15, 0.2) is 0 Å². The van der Waals surface area contributed by atoms with Gasteiger partial charge in [0.25, 0.3) is 10.2 Å². The van der Waals surface area contributed by atoms with Crippen molar-refractivity contribution in [2.75, 3.05) is 4.72 Å². The van der Waals surface area contributed by atoms with E-state index in [0.29, 0.717) is 5.82 Å². The molecule has 0 aliphatic rings. The zero-order chi connectivity index (χ0) is 7.61. The number of nitrogens with one attached hydrogen (secondary N) is 2. The zero-order valence-corrected chi connectivity index (χ0v) is 5.85. The van der Waals surface area contributed by atoms with Crippen LogP contribution in [0.3, 0.4) is 0 Å². The minimum Gasteiger partial charge on any atom is -0.348 e. The number of hydrogen-bond donors (Lipinski definition) is 3. The maximum Gasteiger partial charge on any atom is 0.297 e. The fraction of sp³-hybridized carbons (Fsp3) is 0. The van der Waals surface area contributed by atoms with Gasteiger partial charge in [-0.2, -0.15) is 8.42 Å². The van der Waals surface area contributed by atoms with Crippen LogP contribution >= 0.6 is 0 Å². The summed E-state index contributed by atoms with van der Waals surface area (Å²) in [4.78, 5) is 2.62. The smallest absolute Gasteiger partial charge is 0.297 e. The molecule has 4 N–H and O–H groups in total. The summed E-state index contributed by atoms with van der Waals surface area (Å²) in [5.74, 6) is 0.363. The minimum atomic E-state index is -3.63. The van der Waals surface area contributed by atoms with E-state index in [0.717, 1.165) is 0 Å². The van der Waals surface area contributed by atoms with E-state index in [2.05, 4.69) is 14.8 Å². The van der Waals surface area contributed by atoms with Crippen LogP contribution in [0.2, 0.25) is 0 Å². The van der Waals surface area contributed by atoms with Gasteiger partial charge in [-0.05, 0) is 12.1 Å². The molecule has 0 unspecified atom stereocenters. The molecule has 0 bridgehead atoms. The highest BCUT2D eigenvalue weighted by atomic mass is 32.2. The van der Waals surface area contributed by atoms with Crippen molar-refractivity contribution in [2.24, 2.45) is 5.14 Å². The number of anilines is 1. The van der Waals surface area contributed by atoms with Crippen molar-refractivity contribution in [1.82, 2.24) is 4.98 Å². The first-order valence-electron chi connectivity index (χ1n) is 2.52. The molecular formula is C4H7N3O2S. The van der Waals surface area contributed by atoms with Gasteiger partial charge >= 0.3 is 0 Å². The van der Waals surface area contributed by atoms with E-state index < -0.39 is 10.2 Å². The van der Waals surface area contributed by atoms with Crippen molar-refractivity contribution >= 4 is 16.0 Å². The summed E-state index contributed by atoms with van der Waals surface area (Å²) in [6.45, 7) is 0. The summed E-state index contributed by atoms with van der Waals surface area (Å²) in [5, 5.41) is 4.67. The van der Waals surface area contributed by atoms with Crippen LogP contribution in [0, 0.1) is 0 Å². The fourth-order valence-electron chi connectivity index (χ4n) is 0.547. The predicted octanol–water partition coefficient (Wildman–Crippen LogP) is -0.370. The first-order valence-corrected chi connectivity index (χ1v) is 4.06. The molecule has 0 amide bonds. The van der Waals surface area contributed by atoms with Gasteiger partial charge in [0.2, 0.25) is 0 Å². The molecule has 1 rings (SSSR count). The predicted molar refractivity (Wildman–Crippen MR) is 37.5 cm³/mol. The van der Waals surface area contributed by atoms with Crippen LogP contribution in [0.25, 0.3) is 0 Å². The summed E-state index contributed by atoms with van der Waals surface area (Å²) in [6, 6.07) is 3.22. The number of aromatic amines is 1. The Morgan fingerprint density at radius 1 is 1.60 bits per heavy atom. The second kappa shape index (κ2) is 2.31. The van der Waals surface area contributed by atoms with E-state index in [4.69, 9.17) is 0 Å². The van der Waals surface area contributed by atoms with Crippen LogP contribution in [0.1, 0.15) is 0 Å². The van der Waals surface area contributed by atoms with Gasteiger partial charge in [-0.1, -0.05) is 0 Å². The Bertz CT molecular complexity index is 288. The monoisotopic (exact) mass is 161 g/mol. The molecule has 10 heavy (non-hydrogen) atoms. The normalized spacial score (nSPS) is 11.3. The van der Waals surface area contributed by atoms with Crippen molar-refractivity contribution in [1.29, 1.82) is 0 Å². The molecular weight excluding hydrogens is 154 g/mol. The zero-order valence-electron chi connectivity index (χ0n) is 5.03. The Kier molecular flexibility index (Phi) is 1.64. The van der Waals surface area contributed by atoms with Crippen molar-refractivity contribution in [3.63, 3.8) is 0 Å². The van der Waals surface area contributed by atoms with Gasteiger partial charge < -0.3 is 4.98 Å². The van der Waals surface area contributed by atoms with E-state index in [-0.39, 0.29) is 0 Å². The fourth-order valence-corrected chi connectivity index (χ4v) is 0.981. The third-order valence-corrected chi connectivity index (χ3v) is 1.35. The summed E-state index contributed by atoms with van der Waals surface area (Å²) < 4.78 is 22.7. The van der Waals surface area contributed by atoms with Gasteiger partial charge in [0.05, 0.1) is 0 Å². The lowest BCUT2D eigenvalue weighted by Crippen LogP contribution is -2.21. The average Bonchev–Trinajstić information content (AvgIpc) is 2.12. The van der Waals surface area contributed by atoms with Crippen LogP contribution in [-0.4, -0.2) is 13.4 Å². The van der Waals surface area contributed by atoms with Crippen LogP contribution < -0.4 is 9.86 Å². The van der Waals surface area contributed by atoms with Crippen LogP contribution in [0.4, 0.5) is 5.82 Å². The summed E-state index contributed by atoms with van der Waals surface area (Å²) in [7, 11) is -3.63. The van der Waals surface area contributed by atoms with E-state index in [9.17, 15) is 8.42 Å². The number of nitrogens with two attached hydrogens (primary N) is 1. The SMILES string of the molecule is NS(=O)(=O)Nc1ccc[nH]1. The van der Waals surface area contributed by atoms with Crippen LogP contribution in [-0.2, 0) is 10.2 Å². The van der Waals surface area contributed by atoms with Gasteiger partial charge in [-0.25, -0.2) is 5.14 Å². The molecule has 0 spiro atoms. The number of hydrogen-bond acceptors (Lipinski definition) is 2. The van der Waals surface area contributed by atoms with E-state index >= 15 is 0 Å². The number of H-pyrrole nitrogens is 1. The lowest BCUT2D eigenvalue weighted by Gasteiger charge is -1.97.